The number of hydrogen-bond donors (Lipinski definition) is 1. The van der Waals surface area contributed by atoms with E-state index in [2.05, 4.69) is 26.7 Å². The van der Waals surface area contributed by atoms with Crippen LogP contribution in [-0.2, 0) is 42.6 Å². The third-order valence-corrected chi connectivity index (χ3v) is 9.74. The fourth-order valence-corrected chi connectivity index (χ4v) is 7.16. The maximum absolute atomic E-state index is 15.5. The molecule has 0 atom stereocenters. The molecule has 3 aromatic heterocycles. The van der Waals surface area contributed by atoms with E-state index in [9.17, 15) is 14.4 Å². The zero-order valence-electron chi connectivity index (χ0n) is 27.0. The molecule has 5 heterocycles. The monoisotopic (exact) mass is 638 g/mol. The molecular weight excluding hydrogens is 599 g/mol. The molecule has 1 fully saturated rings. The summed E-state index contributed by atoms with van der Waals surface area (Å²) in [5.41, 5.74) is 5.92. The van der Waals surface area contributed by atoms with Crippen molar-refractivity contribution < 1.29 is 18.7 Å². The number of pyridine rings is 2. The van der Waals surface area contributed by atoms with Crippen molar-refractivity contribution in [3.63, 3.8) is 0 Å². The van der Waals surface area contributed by atoms with Gasteiger partial charge in [-0.15, -0.1) is 0 Å². The number of carbonyl (C=O) groups excluding carboxylic acids is 2. The van der Waals surface area contributed by atoms with Crippen molar-refractivity contribution in [2.24, 2.45) is 7.05 Å². The molecule has 10 nitrogen and oxygen atoms in total. The number of nitrogens with one attached hydrogen (secondary N) is 1. The summed E-state index contributed by atoms with van der Waals surface area (Å²) in [6.07, 6.45) is 7.56. The van der Waals surface area contributed by atoms with Gasteiger partial charge in [0, 0.05) is 75.3 Å². The average Bonchev–Trinajstić information content (AvgIpc) is 3.42. The van der Waals surface area contributed by atoms with Crippen LogP contribution in [0.25, 0.3) is 11.1 Å². The Balaban J connectivity index is 1.24. The number of anilines is 3. The summed E-state index contributed by atoms with van der Waals surface area (Å²) in [6, 6.07) is 10.2. The van der Waals surface area contributed by atoms with Gasteiger partial charge in [0.05, 0.1) is 5.69 Å². The summed E-state index contributed by atoms with van der Waals surface area (Å²) in [7, 11) is 1.62. The first-order valence-corrected chi connectivity index (χ1v) is 16.4. The van der Waals surface area contributed by atoms with Crippen molar-refractivity contribution in [3.05, 3.63) is 93.0 Å². The van der Waals surface area contributed by atoms with Crippen molar-refractivity contribution in [2.45, 2.75) is 58.6 Å². The largest absolute Gasteiger partial charge is 0.461 e. The molecule has 2 aliphatic heterocycles. The molecule has 0 bridgehead atoms. The molecule has 7 rings (SSSR count). The number of hydrogen-bond acceptors (Lipinski definition) is 7. The van der Waals surface area contributed by atoms with Gasteiger partial charge in [0.15, 0.2) is 0 Å². The zero-order chi connectivity index (χ0) is 32.8. The van der Waals surface area contributed by atoms with Crippen LogP contribution in [0.3, 0.4) is 0 Å². The molecule has 0 radical (unpaired) electrons. The van der Waals surface area contributed by atoms with Gasteiger partial charge in [0.1, 0.15) is 29.6 Å². The Hall–Kier alpha value is -4.77. The van der Waals surface area contributed by atoms with Crippen LogP contribution in [0.4, 0.5) is 21.6 Å². The molecule has 11 heteroatoms. The zero-order valence-corrected chi connectivity index (χ0v) is 27.0. The first-order valence-electron chi connectivity index (χ1n) is 16.4. The molecule has 0 unspecified atom stereocenters. The summed E-state index contributed by atoms with van der Waals surface area (Å²) >= 11 is 0. The van der Waals surface area contributed by atoms with E-state index in [0.717, 1.165) is 50.9 Å². The lowest BCUT2D eigenvalue weighted by atomic mass is 9.93. The molecule has 1 aliphatic carbocycles. The van der Waals surface area contributed by atoms with E-state index in [1.165, 1.54) is 34.9 Å². The first kappa shape index (κ1) is 30.9. The number of esters is 1. The minimum absolute atomic E-state index is 0.174. The highest BCUT2D eigenvalue weighted by Gasteiger charge is 2.33. The Morgan fingerprint density at radius 2 is 1.89 bits per heavy atom. The number of likely N-dealkylation sites (N-methyl/N-ethyl adjacent to an activating group) is 1. The molecule has 1 amide bonds. The van der Waals surface area contributed by atoms with Gasteiger partial charge < -0.3 is 29.0 Å². The van der Waals surface area contributed by atoms with E-state index in [1.54, 1.807) is 24.2 Å². The quantitative estimate of drug-likeness (QED) is 0.267. The maximum atomic E-state index is 15.5. The Kier molecular flexibility index (Phi) is 8.17. The number of nitrogens with zero attached hydrogens (tertiary/aromatic N) is 5. The number of ether oxygens (including phenoxy) is 1. The highest BCUT2D eigenvalue weighted by Crippen LogP contribution is 2.37. The number of benzene rings is 1. The SMILES string of the molecule is CCN1CC(c2ccc(Nc3cc(-c4cc(F)cc(N5CCn6c(cc7c6CCCC7)C5=O)c4COC(C)=O)cn(C)c3=O)nc2)C1. The van der Waals surface area contributed by atoms with Crippen molar-refractivity contribution in [1.82, 2.24) is 19.0 Å². The van der Waals surface area contributed by atoms with Crippen molar-refractivity contribution in [2.75, 3.05) is 36.4 Å². The summed E-state index contributed by atoms with van der Waals surface area (Å²) in [5.74, 6) is -0.300. The first-order chi connectivity index (χ1) is 22.7. The number of aromatic nitrogens is 3. The predicted molar refractivity (Wildman–Crippen MR) is 178 cm³/mol. The third kappa shape index (κ3) is 5.84. The van der Waals surface area contributed by atoms with Crippen molar-refractivity contribution in [1.29, 1.82) is 0 Å². The van der Waals surface area contributed by atoms with Gasteiger partial charge in [-0.2, -0.15) is 0 Å². The smallest absolute Gasteiger partial charge is 0.302 e. The molecule has 1 aromatic carbocycles. The Bertz CT molecular complexity index is 1930. The lowest BCUT2D eigenvalue weighted by molar-refractivity contribution is -0.142. The molecular formula is C36H39FN6O4. The predicted octanol–water partition coefficient (Wildman–Crippen LogP) is 5.15. The fourth-order valence-electron chi connectivity index (χ4n) is 7.16. The topological polar surface area (TPSA) is 102 Å². The summed E-state index contributed by atoms with van der Waals surface area (Å²) < 4.78 is 24.5. The van der Waals surface area contributed by atoms with Gasteiger partial charge >= 0.3 is 5.97 Å². The van der Waals surface area contributed by atoms with Crippen LogP contribution in [0.2, 0.25) is 0 Å². The molecule has 47 heavy (non-hydrogen) atoms. The number of carbonyl (C=O) groups is 2. The highest BCUT2D eigenvalue weighted by atomic mass is 19.1. The number of fused-ring (bicyclic) bond motifs is 3. The van der Waals surface area contributed by atoms with Crippen molar-refractivity contribution >= 4 is 29.1 Å². The van der Waals surface area contributed by atoms with E-state index in [4.69, 9.17) is 4.74 Å². The van der Waals surface area contributed by atoms with E-state index >= 15 is 4.39 Å². The second-order valence-corrected chi connectivity index (χ2v) is 12.8. The molecule has 4 aromatic rings. The molecule has 1 N–H and O–H groups in total. The van der Waals surface area contributed by atoms with Crippen LogP contribution in [-0.4, -0.2) is 57.1 Å². The number of amides is 1. The Morgan fingerprint density at radius 1 is 1.09 bits per heavy atom. The standard InChI is InChI=1S/C36H39FN6O4/c1-4-41-19-26(20-41)24-9-10-34(38-17-24)39-30-13-25(18-40(3)35(30)45)28-15-27(37)16-32(29(28)21-47-22(2)44)43-12-11-42-31-8-6-5-7-23(31)14-33(42)36(43)46/h9-10,13-18,26H,4-8,11-12,19-21H2,1-3H3,(H,38,39). The van der Waals surface area contributed by atoms with Gasteiger partial charge in [0.25, 0.3) is 11.5 Å². The van der Waals surface area contributed by atoms with Crippen molar-refractivity contribution in [3.8, 4) is 11.1 Å². The van der Waals surface area contributed by atoms with Gasteiger partial charge in [-0.25, -0.2) is 9.37 Å². The maximum Gasteiger partial charge on any atom is 0.302 e. The number of aryl methyl sites for hydroxylation is 2. The van der Waals surface area contributed by atoms with Crippen LogP contribution < -0.4 is 15.8 Å². The van der Waals surface area contributed by atoms with Gasteiger partial charge in [-0.05, 0) is 79.3 Å². The number of likely N-dealkylation sites (tertiary alicyclic amines) is 1. The van der Waals surface area contributed by atoms with Gasteiger partial charge in [-0.3, -0.25) is 14.4 Å². The van der Waals surface area contributed by atoms with E-state index in [-0.39, 0.29) is 23.8 Å². The molecule has 0 saturated carbocycles. The third-order valence-electron chi connectivity index (χ3n) is 9.74. The molecule has 0 spiro atoms. The van der Waals surface area contributed by atoms with E-state index in [1.807, 2.05) is 24.4 Å². The summed E-state index contributed by atoms with van der Waals surface area (Å²) in [4.78, 5) is 47.7. The summed E-state index contributed by atoms with van der Waals surface area (Å²) in [6.45, 7) is 7.28. The lowest BCUT2D eigenvalue weighted by Crippen LogP contribution is -2.44. The Labute approximate surface area is 272 Å². The van der Waals surface area contributed by atoms with Crippen LogP contribution in [0, 0.1) is 5.82 Å². The number of halogens is 1. The second kappa shape index (κ2) is 12.4. The van der Waals surface area contributed by atoms with Crippen LogP contribution in [0.1, 0.15) is 65.5 Å². The van der Waals surface area contributed by atoms with Gasteiger partial charge in [-0.1, -0.05) is 13.0 Å². The normalized spacial score (nSPS) is 16.4. The molecule has 3 aliphatic rings. The van der Waals surface area contributed by atoms with E-state index < -0.39 is 11.8 Å². The minimum atomic E-state index is -0.548. The second-order valence-electron chi connectivity index (χ2n) is 12.8. The van der Waals surface area contributed by atoms with Gasteiger partial charge in [0.2, 0.25) is 0 Å². The number of rotatable bonds is 8. The molecule has 1 saturated heterocycles. The molecule has 244 valence electrons. The Morgan fingerprint density at radius 3 is 2.64 bits per heavy atom. The summed E-state index contributed by atoms with van der Waals surface area (Å²) in [5, 5.41) is 3.15. The highest BCUT2D eigenvalue weighted by molar-refractivity contribution is 6.07. The van der Waals surface area contributed by atoms with Crippen LogP contribution in [0.15, 0.2) is 53.6 Å². The fraction of sp³-hybridized carbons (Fsp3) is 0.389. The van der Waals surface area contributed by atoms with Crippen LogP contribution >= 0.6 is 0 Å². The minimum Gasteiger partial charge on any atom is -0.461 e. The van der Waals surface area contributed by atoms with E-state index in [0.29, 0.717) is 52.9 Å². The average molecular weight is 639 g/mol. The van der Waals surface area contributed by atoms with Crippen LogP contribution in [0.5, 0.6) is 0 Å². The lowest BCUT2D eigenvalue weighted by Gasteiger charge is -2.38.